The molecule has 1 aromatic heterocycles. The smallest absolute Gasteiger partial charge is 0.180 e. The molecule has 0 aliphatic heterocycles. The third-order valence-electron chi connectivity index (χ3n) is 3.86. The number of hydrogen-bond acceptors (Lipinski definition) is 2. The number of benzene rings is 2. The summed E-state index contributed by atoms with van der Waals surface area (Å²) in [5, 5.41) is 2.21. The number of aromatic nitrogens is 1. The van der Waals surface area contributed by atoms with Crippen molar-refractivity contribution in [1.29, 1.82) is 0 Å². The summed E-state index contributed by atoms with van der Waals surface area (Å²) in [7, 11) is 3.34. The Kier molecular flexibility index (Phi) is 4.24. The van der Waals surface area contributed by atoms with E-state index in [1.807, 2.05) is 12.1 Å². The Bertz CT molecular complexity index is 769. The topological polar surface area (TPSA) is 22.3 Å². The van der Waals surface area contributed by atoms with Crippen LogP contribution in [0, 0.1) is 0 Å². The first-order valence-electron chi connectivity index (χ1n) is 7.39. The van der Waals surface area contributed by atoms with Crippen LogP contribution in [0.15, 0.2) is 60.9 Å². The Morgan fingerprint density at radius 1 is 0.909 bits per heavy atom. The van der Waals surface area contributed by atoms with Gasteiger partial charge in [-0.25, -0.2) is 4.57 Å². The normalized spacial score (nSPS) is 10.6. The molecule has 0 N–H and O–H groups in total. The molecule has 0 spiro atoms. The van der Waals surface area contributed by atoms with Crippen LogP contribution in [0.5, 0.6) is 11.5 Å². The average molecular weight is 294 g/mol. The van der Waals surface area contributed by atoms with E-state index in [-0.39, 0.29) is 0 Å². The number of ether oxygens (including phenoxy) is 2. The zero-order valence-corrected chi connectivity index (χ0v) is 13.0. The Hall–Kier alpha value is -2.55. The van der Waals surface area contributed by atoms with E-state index in [0.717, 1.165) is 35.2 Å². The first kappa shape index (κ1) is 14.4. The van der Waals surface area contributed by atoms with E-state index < -0.39 is 0 Å². The maximum atomic E-state index is 5.53. The van der Waals surface area contributed by atoms with E-state index in [9.17, 15) is 0 Å². The van der Waals surface area contributed by atoms with Gasteiger partial charge < -0.3 is 9.47 Å². The van der Waals surface area contributed by atoms with Crippen molar-refractivity contribution in [3.8, 4) is 11.5 Å². The quantitative estimate of drug-likeness (QED) is 0.673. The molecule has 0 amide bonds. The van der Waals surface area contributed by atoms with Crippen molar-refractivity contribution in [1.82, 2.24) is 0 Å². The molecular formula is C19H20NO2+. The summed E-state index contributed by atoms with van der Waals surface area (Å²) in [6.07, 6.45) is 5.24. The van der Waals surface area contributed by atoms with Crippen LogP contribution in [0.3, 0.4) is 0 Å². The number of nitrogens with zero attached hydrogens (tertiary/aromatic N) is 1. The average Bonchev–Trinajstić information content (AvgIpc) is 2.59. The van der Waals surface area contributed by atoms with Crippen molar-refractivity contribution < 1.29 is 14.0 Å². The predicted molar refractivity (Wildman–Crippen MR) is 87.4 cm³/mol. The molecule has 3 aromatic rings. The molecule has 3 heteroatoms. The lowest BCUT2D eigenvalue weighted by Gasteiger charge is -2.09. The molecule has 0 aliphatic carbocycles. The van der Waals surface area contributed by atoms with Crippen LogP contribution in [0.2, 0.25) is 0 Å². The van der Waals surface area contributed by atoms with Gasteiger partial charge in [0.1, 0.15) is 0 Å². The van der Waals surface area contributed by atoms with Crippen LogP contribution in [0.4, 0.5) is 0 Å². The van der Waals surface area contributed by atoms with Crippen molar-refractivity contribution in [2.45, 2.75) is 13.0 Å². The standard InChI is InChI=1S/C19H20NO2/c1-21-18-9-8-16-11-13-20(14-17(16)19(18)22-2)12-10-15-6-4-3-5-7-15/h3-9,11,13-14H,10,12H2,1-2H3/q+1. The van der Waals surface area contributed by atoms with Crippen LogP contribution >= 0.6 is 0 Å². The lowest BCUT2D eigenvalue weighted by molar-refractivity contribution is -0.695. The molecule has 2 aromatic carbocycles. The molecule has 22 heavy (non-hydrogen) atoms. The fourth-order valence-corrected chi connectivity index (χ4v) is 2.67. The number of hydrogen-bond donors (Lipinski definition) is 0. The van der Waals surface area contributed by atoms with Crippen LogP contribution in [-0.4, -0.2) is 14.2 Å². The molecule has 3 rings (SSSR count). The molecule has 0 fully saturated rings. The Morgan fingerprint density at radius 3 is 2.45 bits per heavy atom. The first-order valence-corrected chi connectivity index (χ1v) is 7.39. The highest BCUT2D eigenvalue weighted by atomic mass is 16.5. The highest BCUT2D eigenvalue weighted by Gasteiger charge is 2.12. The van der Waals surface area contributed by atoms with Crippen LogP contribution in [0.1, 0.15) is 5.56 Å². The summed E-state index contributed by atoms with van der Waals surface area (Å²) in [5.41, 5.74) is 1.34. The number of pyridine rings is 1. The van der Waals surface area contributed by atoms with E-state index in [1.54, 1.807) is 14.2 Å². The summed E-state index contributed by atoms with van der Waals surface area (Å²) in [6.45, 7) is 0.931. The van der Waals surface area contributed by atoms with Gasteiger partial charge in [0, 0.05) is 12.5 Å². The molecule has 112 valence electrons. The largest absolute Gasteiger partial charge is 0.493 e. The lowest BCUT2D eigenvalue weighted by atomic mass is 10.1. The van der Waals surface area contributed by atoms with Gasteiger partial charge in [0.15, 0.2) is 30.4 Å². The fourth-order valence-electron chi connectivity index (χ4n) is 2.67. The SMILES string of the molecule is COc1ccc2cc[n+](CCc3ccccc3)cc2c1OC. The highest BCUT2D eigenvalue weighted by molar-refractivity contribution is 5.89. The Morgan fingerprint density at radius 2 is 1.73 bits per heavy atom. The second-order valence-corrected chi connectivity index (χ2v) is 5.22. The van der Waals surface area contributed by atoms with Gasteiger partial charge in [-0.1, -0.05) is 30.3 Å². The van der Waals surface area contributed by atoms with E-state index in [2.05, 4.69) is 53.4 Å². The monoisotopic (exact) mass is 294 g/mol. The number of aryl methyl sites for hydroxylation is 2. The van der Waals surface area contributed by atoms with E-state index >= 15 is 0 Å². The Balaban J connectivity index is 1.91. The van der Waals surface area contributed by atoms with Gasteiger partial charge in [0.2, 0.25) is 0 Å². The third kappa shape index (κ3) is 2.89. The van der Waals surface area contributed by atoms with Crippen molar-refractivity contribution in [2.75, 3.05) is 14.2 Å². The molecule has 0 bridgehead atoms. The molecule has 0 aliphatic rings. The van der Waals surface area contributed by atoms with Crippen LogP contribution in [0.25, 0.3) is 10.8 Å². The molecule has 3 nitrogen and oxygen atoms in total. The second kappa shape index (κ2) is 6.48. The summed E-state index contributed by atoms with van der Waals surface area (Å²) >= 11 is 0. The van der Waals surface area contributed by atoms with Crippen LogP contribution in [-0.2, 0) is 13.0 Å². The third-order valence-corrected chi connectivity index (χ3v) is 3.86. The summed E-state index contributed by atoms with van der Waals surface area (Å²) in [4.78, 5) is 0. The van der Waals surface area contributed by atoms with Gasteiger partial charge >= 0.3 is 0 Å². The van der Waals surface area contributed by atoms with E-state index in [1.165, 1.54) is 5.56 Å². The van der Waals surface area contributed by atoms with Gasteiger partial charge in [0.05, 0.1) is 19.6 Å². The van der Waals surface area contributed by atoms with Crippen molar-refractivity contribution >= 4 is 10.8 Å². The van der Waals surface area contributed by atoms with Crippen LogP contribution < -0.4 is 14.0 Å². The number of methoxy groups -OCH3 is 2. The zero-order valence-electron chi connectivity index (χ0n) is 13.0. The molecule has 1 heterocycles. The Labute approximate surface area is 130 Å². The van der Waals surface area contributed by atoms with Gasteiger partial charge in [-0.2, -0.15) is 0 Å². The molecule has 0 atom stereocenters. The maximum absolute atomic E-state index is 5.53. The minimum Gasteiger partial charge on any atom is -0.493 e. The van der Waals surface area contributed by atoms with Gasteiger partial charge in [-0.3, -0.25) is 0 Å². The molecule has 0 saturated carbocycles. The number of fused-ring (bicyclic) bond motifs is 1. The van der Waals surface area contributed by atoms with Crippen molar-refractivity contribution in [3.05, 3.63) is 66.5 Å². The second-order valence-electron chi connectivity index (χ2n) is 5.22. The van der Waals surface area contributed by atoms with E-state index in [0.29, 0.717) is 0 Å². The fraction of sp³-hybridized carbons (Fsp3) is 0.211. The van der Waals surface area contributed by atoms with Gasteiger partial charge in [-0.05, 0) is 23.1 Å². The highest BCUT2D eigenvalue weighted by Crippen LogP contribution is 2.34. The first-order chi connectivity index (χ1) is 10.8. The summed E-state index contributed by atoms with van der Waals surface area (Å²) in [5.74, 6) is 1.55. The molecule has 0 unspecified atom stereocenters. The summed E-state index contributed by atoms with van der Waals surface area (Å²) in [6, 6.07) is 16.6. The van der Waals surface area contributed by atoms with Gasteiger partial charge in [-0.15, -0.1) is 0 Å². The van der Waals surface area contributed by atoms with Gasteiger partial charge in [0.25, 0.3) is 0 Å². The number of rotatable bonds is 5. The zero-order chi connectivity index (χ0) is 15.4. The molecule has 0 radical (unpaired) electrons. The van der Waals surface area contributed by atoms with E-state index in [4.69, 9.17) is 9.47 Å². The summed E-state index contributed by atoms with van der Waals surface area (Å²) < 4.78 is 13.1. The molecular weight excluding hydrogens is 274 g/mol. The van der Waals surface area contributed by atoms with Crippen molar-refractivity contribution in [3.63, 3.8) is 0 Å². The lowest BCUT2D eigenvalue weighted by Crippen LogP contribution is -2.33. The predicted octanol–water partition coefficient (Wildman–Crippen LogP) is 3.39. The minimum absolute atomic E-state index is 0.760. The maximum Gasteiger partial charge on any atom is 0.180 e. The molecule has 0 saturated heterocycles. The minimum atomic E-state index is 0.760. The van der Waals surface area contributed by atoms with Crippen molar-refractivity contribution in [2.24, 2.45) is 0 Å².